The predicted molar refractivity (Wildman–Crippen MR) is 74.9 cm³/mol. The molecular weight excluding hydrogens is 194 g/mol. The van der Waals surface area contributed by atoms with Gasteiger partial charge in [-0.05, 0) is 37.8 Å². The second kappa shape index (κ2) is 10.1. The normalized spacial score (nSPS) is 12.0. The fourth-order valence-electron chi connectivity index (χ4n) is 2.06. The van der Waals surface area contributed by atoms with Crippen LogP contribution in [0.2, 0.25) is 0 Å². The van der Waals surface area contributed by atoms with Crippen LogP contribution in [0.15, 0.2) is 0 Å². The molecule has 0 heterocycles. The second-order valence-electron chi connectivity index (χ2n) is 5.83. The molecule has 0 aliphatic carbocycles. The van der Waals surface area contributed by atoms with E-state index in [1.165, 1.54) is 64.5 Å². The van der Waals surface area contributed by atoms with Gasteiger partial charge in [-0.25, -0.2) is 0 Å². The average molecular weight is 227 g/mol. The summed E-state index contributed by atoms with van der Waals surface area (Å²) in [5.74, 6) is 0. The highest BCUT2D eigenvalue weighted by atomic mass is 14.8. The SMILES string of the molecule is CCCCCCCC(C)(C)CCNCCC. The van der Waals surface area contributed by atoms with Crippen molar-refractivity contribution in [1.82, 2.24) is 5.32 Å². The van der Waals surface area contributed by atoms with Gasteiger partial charge in [0.25, 0.3) is 0 Å². The summed E-state index contributed by atoms with van der Waals surface area (Å²) in [5.41, 5.74) is 0.535. The molecule has 0 amide bonds. The molecule has 1 N–H and O–H groups in total. The Kier molecular flexibility index (Phi) is 10.1. The first-order chi connectivity index (χ1) is 7.62. The van der Waals surface area contributed by atoms with Crippen molar-refractivity contribution in [2.45, 2.75) is 79.1 Å². The van der Waals surface area contributed by atoms with Crippen LogP contribution in [0.1, 0.15) is 79.1 Å². The Bertz CT molecular complexity index is 140. The van der Waals surface area contributed by atoms with Crippen molar-refractivity contribution in [2.75, 3.05) is 13.1 Å². The zero-order chi connectivity index (χ0) is 12.3. The Morgan fingerprint density at radius 2 is 1.44 bits per heavy atom. The van der Waals surface area contributed by atoms with Gasteiger partial charge in [0.2, 0.25) is 0 Å². The van der Waals surface area contributed by atoms with Gasteiger partial charge < -0.3 is 5.32 Å². The zero-order valence-electron chi connectivity index (χ0n) is 12.1. The van der Waals surface area contributed by atoms with Crippen LogP contribution in [0.25, 0.3) is 0 Å². The molecule has 0 saturated heterocycles. The molecule has 0 spiro atoms. The van der Waals surface area contributed by atoms with Crippen LogP contribution in [-0.2, 0) is 0 Å². The Hall–Kier alpha value is -0.0400. The lowest BCUT2D eigenvalue weighted by molar-refractivity contribution is 0.289. The molecule has 0 aromatic rings. The summed E-state index contributed by atoms with van der Waals surface area (Å²) >= 11 is 0. The van der Waals surface area contributed by atoms with Crippen molar-refractivity contribution in [3.8, 4) is 0 Å². The molecule has 0 atom stereocenters. The summed E-state index contributed by atoms with van der Waals surface area (Å²) in [5, 5.41) is 3.50. The number of nitrogens with one attached hydrogen (secondary N) is 1. The molecule has 0 aliphatic heterocycles. The Morgan fingerprint density at radius 1 is 0.750 bits per heavy atom. The Morgan fingerprint density at radius 3 is 2.06 bits per heavy atom. The lowest BCUT2D eigenvalue weighted by Gasteiger charge is -2.24. The minimum Gasteiger partial charge on any atom is -0.317 e. The van der Waals surface area contributed by atoms with Crippen molar-refractivity contribution < 1.29 is 0 Å². The highest BCUT2D eigenvalue weighted by Crippen LogP contribution is 2.27. The lowest BCUT2D eigenvalue weighted by atomic mass is 9.83. The van der Waals surface area contributed by atoms with Gasteiger partial charge in [0.15, 0.2) is 0 Å². The van der Waals surface area contributed by atoms with Gasteiger partial charge in [0.05, 0.1) is 0 Å². The molecule has 0 fully saturated rings. The van der Waals surface area contributed by atoms with E-state index in [2.05, 4.69) is 33.0 Å². The molecule has 0 radical (unpaired) electrons. The first-order valence-corrected chi connectivity index (χ1v) is 7.33. The van der Waals surface area contributed by atoms with Crippen LogP contribution in [0, 0.1) is 5.41 Å². The van der Waals surface area contributed by atoms with Crippen molar-refractivity contribution in [2.24, 2.45) is 5.41 Å². The monoisotopic (exact) mass is 227 g/mol. The molecule has 0 unspecified atom stereocenters. The van der Waals surface area contributed by atoms with Gasteiger partial charge in [-0.1, -0.05) is 59.8 Å². The molecule has 1 nitrogen and oxygen atoms in total. The smallest absolute Gasteiger partial charge is 0.00438 e. The average Bonchev–Trinajstić information content (AvgIpc) is 2.24. The van der Waals surface area contributed by atoms with Gasteiger partial charge in [-0.2, -0.15) is 0 Å². The van der Waals surface area contributed by atoms with Gasteiger partial charge >= 0.3 is 0 Å². The van der Waals surface area contributed by atoms with Crippen LogP contribution in [0.4, 0.5) is 0 Å². The van der Waals surface area contributed by atoms with Gasteiger partial charge in [0, 0.05) is 0 Å². The minimum absolute atomic E-state index is 0.535. The summed E-state index contributed by atoms with van der Waals surface area (Å²) in [7, 11) is 0. The fraction of sp³-hybridized carbons (Fsp3) is 1.00. The summed E-state index contributed by atoms with van der Waals surface area (Å²) < 4.78 is 0. The Labute approximate surface area is 103 Å². The highest BCUT2D eigenvalue weighted by Gasteiger charge is 2.16. The molecule has 16 heavy (non-hydrogen) atoms. The van der Waals surface area contributed by atoms with Crippen molar-refractivity contribution >= 4 is 0 Å². The third-order valence-corrected chi connectivity index (χ3v) is 3.36. The van der Waals surface area contributed by atoms with Crippen molar-refractivity contribution in [1.29, 1.82) is 0 Å². The van der Waals surface area contributed by atoms with Crippen LogP contribution in [0.5, 0.6) is 0 Å². The van der Waals surface area contributed by atoms with Crippen molar-refractivity contribution in [3.05, 3.63) is 0 Å². The number of hydrogen-bond acceptors (Lipinski definition) is 1. The van der Waals surface area contributed by atoms with Crippen LogP contribution in [-0.4, -0.2) is 13.1 Å². The number of unbranched alkanes of at least 4 members (excludes halogenated alkanes) is 4. The van der Waals surface area contributed by atoms with E-state index in [9.17, 15) is 0 Å². The first kappa shape index (κ1) is 16.0. The largest absolute Gasteiger partial charge is 0.317 e. The molecule has 0 aromatic carbocycles. The predicted octanol–water partition coefficient (Wildman–Crippen LogP) is 4.76. The molecule has 0 bridgehead atoms. The topological polar surface area (TPSA) is 12.0 Å². The van der Waals surface area contributed by atoms with Crippen LogP contribution in [0.3, 0.4) is 0 Å². The van der Waals surface area contributed by atoms with Crippen LogP contribution < -0.4 is 5.32 Å². The number of rotatable bonds is 11. The highest BCUT2D eigenvalue weighted by molar-refractivity contribution is 4.69. The molecule has 1 heteroatoms. The first-order valence-electron chi connectivity index (χ1n) is 7.33. The van der Waals surface area contributed by atoms with E-state index >= 15 is 0 Å². The van der Waals surface area contributed by atoms with E-state index < -0.39 is 0 Å². The second-order valence-corrected chi connectivity index (χ2v) is 5.83. The van der Waals surface area contributed by atoms with E-state index in [-0.39, 0.29) is 0 Å². The van der Waals surface area contributed by atoms with Crippen LogP contribution >= 0.6 is 0 Å². The standard InChI is InChI=1S/C15H33N/c1-5-7-8-9-10-11-15(3,4)12-14-16-13-6-2/h16H,5-14H2,1-4H3. The molecule has 0 rings (SSSR count). The number of hydrogen-bond donors (Lipinski definition) is 1. The zero-order valence-corrected chi connectivity index (χ0v) is 12.1. The van der Waals surface area contributed by atoms with E-state index in [0.29, 0.717) is 5.41 Å². The molecule has 0 aromatic heterocycles. The molecule has 0 saturated carbocycles. The van der Waals surface area contributed by atoms with Crippen molar-refractivity contribution in [3.63, 3.8) is 0 Å². The lowest BCUT2D eigenvalue weighted by Crippen LogP contribution is -2.23. The molecular formula is C15H33N. The van der Waals surface area contributed by atoms with E-state index in [1.807, 2.05) is 0 Å². The molecule has 0 aliphatic rings. The maximum atomic E-state index is 3.50. The summed E-state index contributed by atoms with van der Waals surface area (Å²) in [6.07, 6.45) is 11.0. The Balaban J connectivity index is 3.38. The van der Waals surface area contributed by atoms with Gasteiger partial charge in [-0.3, -0.25) is 0 Å². The summed E-state index contributed by atoms with van der Waals surface area (Å²) in [6, 6.07) is 0. The third kappa shape index (κ3) is 10.5. The maximum Gasteiger partial charge on any atom is -0.00438 e. The third-order valence-electron chi connectivity index (χ3n) is 3.36. The quantitative estimate of drug-likeness (QED) is 0.502. The van der Waals surface area contributed by atoms with Gasteiger partial charge in [0.1, 0.15) is 0 Å². The minimum atomic E-state index is 0.535. The maximum absolute atomic E-state index is 3.50. The van der Waals surface area contributed by atoms with Gasteiger partial charge in [-0.15, -0.1) is 0 Å². The summed E-state index contributed by atoms with van der Waals surface area (Å²) in [6.45, 7) is 11.7. The molecule has 98 valence electrons. The van der Waals surface area contributed by atoms with E-state index in [0.717, 1.165) is 0 Å². The summed E-state index contributed by atoms with van der Waals surface area (Å²) in [4.78, 5) is 0. The van der Waals surface area contributed by atoms with E-state index in [1.54, 1.807) is 0 Å². The van der Waals surface area contributed by atoms with E-state index in [4.69, 9.17) is 0 Å². The fourth-order valence-corrected chi connectivity index (χ4v) is 2.06.